The van der Waals surface area contributed by atoms with Crippen LogP contribution in [0.3, 0.4) is 0 Å². The van der Waals surface area contributed by atoms with Gasteiger partial charge in [0, 0.05) is 19.3 Å². The van der Waals surface area contributed by atoms with E-state index in [4.69, 9.17) is 0 Å². The lowest BCUT2D eigenvalue weighted by atomic mass is 10.2. The smallest absolute Gasteiger partial charge is 0.0206 e. The highest BCUT2D eigenvalue weighted by Crippen LogP contribution is 2.12. The first-order valence-corrected chi connectivity index (χ1v) is 3.77. The van der Waals surface area contributed by atoms with Gasteiger partial charge in [0.15, 0.2) is 0 Å². The topological polar surface area (TPSA) is 3.24 Å². The second kappa shape index (κ2) is 2.91. The molecular formula is C9H15N. The Kier molecular flexibility index (Phi) is 2.15. The third-order valence-electron chi connectivity index (χ3n) is 2.14. The summed E-state index contributed by atoms with van der Waals surface area (Å²) in [5.74, 6) is 0. The van der Waals surface area contributed by atoms with Crippen molar-refractivity contribution in [2.24, 2.45) is 0 Å². The average Bonchev–Trinajstić information content (AvgIpc) is 2.04. The Morgan fingerprint density at radius 2 is 2.10 bits per heavy atom. The largest absolute Gasteiger partial charge is 0.378 e. The molecule has 0 aromatic rings. The zero-order valence-electron chi connectivity index (χ0n) is 7.02. The first kappa shape index (κ1) is 7.39. The number of nitrogens with zero attached hydrogens (tertiary/aromatic N) is 1. The van der Waals surface area contributed by atoms with Crippen molar-refractivity contribution in [2.75, 3.05) is 13.6 Å². The molecule has 0 unspecified atom stereocenters. The minimum atomic E-state index is 1.15. The first-order chi connectivity index (χ1) is 4.72. The fourth-order valence-electron chi connectivity index (χ4n) is 1.12. The van der Waals surface area contributed by atoms with Crippen LogP contribution in [0.15, 0.2) is 23.4 Å². The van der Waals surface area contributed by atoms with Crippen molar-refractivity contribution in [3.05, 3.63) is 23.4 Å². The molecule has 0 N–H and O–H groups in total. The second-order valence-electron chi connectivity index (χ2n) is 2.88. The van der Waals surface area contributed by atoms with Gasteiger partial charge in [-0.1, -0.05) is 12.2 Å². The summed E-state index contributed by atoms with van der Waals surface area (Å²) in [6.45, 7) is 5.48. The predicted octanol–water partition coefficient (Wildman–Crippen LogP) is 2.17. The fraction of sp³-hybridized carbons (Fsp3) is 0.556. The molecule has 0 amide bonds. The third-order valence-corrected chi connectivity index (χ3v) is 2.14. The van der Waals surface area contributed by atoms with Crippen LogP contribution in [0.4, 0.5) is 0 Å². The number of hydrogen-bond acceptors (Lipinski definition) is 1. The molecule has 0 saturated heterocycles. The molecule has 1 rings (SSSR count). The molecule has 0 aliphatic carbocycles. The van der Waals surface area contributed by atoms with Gasteiger partial charge in [0.2, 0.25) is 0 Å². The Labute approximate surface area is 63.0 Å². The summed E-state index contributed by atoms with van der Waals surface area (Å²) < 4.78 is 0. The summed E-state index contributed by atoms with van der Waals surface area (Å²) in [6.07, 6.45) is 5.62. The van der Waals surface area contributed by atoms with Crippen LogP contribution in [-0.2, 0) is 0 Å². The SMILES string of the molecule is CC1=C(C)N(C)CCC=C1. The van der Waals surface area contributed by atoms with Crippen LogP contribution in [0.5, 0.6) is 0 Å². The Hall–Kier alpha value is -0.720. The van der Waals surface area contributed by atoms with Gasteiger partial charge in [-0.15, -0.1) is 0 Å². The Bertz CT molecular complexity index is 177. The highest BCUT2D eigenvalue weighted by atomic mass is 15.1. The molecule has 1 heterocycles. The van der Waals surface area contributed by atoms with E-state index in [9.17, 15) is 0 Å². The van der Waals surface area contributed by atoms with Crippen molar-refractivity contribution in [3.8, 4) is 0 Å². The zero-order chi connectivity index (χ0) is 7.56. The summed E-state index contributed by atoms with van der Waals surface area (Å²) in [4.78, 5) is 2.30. The number of hydrogen-bond donors (Lipinski definition) is 0. The fourth-order valence-corrected chi connectivity index (χ4v) is 1.12. The summed E-state index contributed by atoms with van der Waals surface area (Å²) in [5, 5.41) is 0. The summed E-state index contributed by atoms with van der Waals surface area (Å²) in [7, 11) is 2.14. The molecule has 1 aliphatic heterocycles. The molecule has 0 saturated carbocycles. The van der Waals surface area contributed by atoms with Gasteiger partial charge >= 0.3 is 0 Å². The molecule has 0 bridgehead atoms. The van der Waals surface area contributed by atoms with Crippen molar-refractivity contribution in [2.45, 2.75) is 20.3 Å². The normalized spacial score (nSPS) is 19.7. The molecular weight excluding hydrogens is 122 g/mol. The monoisotopic (exact) mass is 137 g/mol. The molecule has 1 nitrogen and oxygen atoms in total. The summed E-state index contributed by atoms with van der Waals surface area (Å²) in [6, 6.07) is 0. The van der Waals surface area contributed by atoms with Crippen molar-refractivity contribution < 1.29 is 0 Å². The van der Waals surface area contributed by atoms with Gasteiger partial charge in [-0.05, 0) is 25.8 Å². The molecule has 0 aromatic heterocycles. The van der Waals surface area contributed by atoms with E-state index in [1.54, 1.807) is 0 Å². The molecule has 1 heteroatoms. The van der Waals surface area contributed by atoms with Crippen LogP contribution in [0.2, 0.25) is 0 Å². The average molecular weight is 137 g/mol. The van der Waals surface area contributed by atoms with Crippen molar-refractivity contribution in [1.29, 1.82) is 0 Å². The van der Waals surface area contributed by atoms with Crippen molar-refractivity contribution in [3.63, 3.8) is 0 Å². The highest BCUT2D eigenvalue weighted by Gasteiger charge is 2.02. The van der Waals surface area contributed by atoms with Gasteiger partial charge in [-0.25, -0.2) is 0 Å². The Balaban J connectivity index is 2.82. The summed E-state index contributed by atoms with van der Waals surface area (Å²) >= 11 is 0. The van der Waals surface area contributed by atoms with Crippen LogP contribution in [0.25, 0.3) is 0 Å². The Morgan fingerprint density at radius 1 is 1.40 bits per heavy atom. The lowest BCUT2D eigenvalue weighted by Gasteiger charge is -2.18. The van der Waals surface area contributed by atoms with Gasteiger partial charge in [0.1, 0.15) is 0 Å². The molecule has 0 fully saturated rings. The van der Waals surface area contributed by atoms with E-state index in [1.165, 1.54) is 17.7 Å². The predicted molar refractivity (Wildman–Crippen MR) is 44.8 cm³/mol. The van der Waals surface area contributed by atoms with E-state index >= 15 is 0 Å². The van der Waals surface area contributed by atoms with E-state index in [0.29, 0.717) is 0 Å². The maximum absolute atomic E-state index is 2.30. The third kappa shape index (κ3) is 1.41. The van der Waals surface area contributed by atoms with Crippen LogP contribution in [-0.4, -0.2) is 18.5 Å². The van der Waals surface area contributed by atoms with E-state index < -0.39 is 0 Å². The molecule has 0 spiro atoms. The van der Waals surface area contributed by atoms with Crippen LogP contribution in [0, 0.1) is 0 Å². The standard InChI is InChI=1S/C9H15N/c1-8-6-4-5-7-10(3)9(8)2/h4,6H,5,7H2,1-3H3. The van der Waals surface area contributed by atoms with Crippen molar-refractivity contribution >= 4 is 0 Å². The number of rotatable bonds is 0. The second-order valence-corrected chi connectivity index (χ2v) is 2.88. The van der Waals surface area contributed by atoms with Crippen LogP contribution in [0.1, 0.15) is 20.3 Å². The highest BCUT2D eigenvalue weighted by molar-refractivity contribution is 5.23. The quantitative estimate of drug-likeness (QED) is 0.494. The van der Waals surface area contributed by atoms with E-state index in [1.807, 2.05) is 0 Å². The van der Waals surface area contributed by atoms with Gasteiger partial charge in [-0.3, -0.25) is 0 Å². The number of allylic oxidation sites excluding steroid dienone is 3. The molecule has 56 valence electrons. The van der Waals surface area contributed by atoms with Gasteiger partial charge < -0.3 is 4.90 Å². The molecule has 0 radical (unpaired) electrons. The maximum atomic E-state index is 2.30. The molecule has 0 aromatic carbocycles. The van der Waals surface area contributed by atoms with Gasteiger partial charge in [0.05, 0.1) is 0 Å². The van der Waals surface area contributed by atoms with Gasteiger partial charge in [0.25, 0.3) is 0 Å². The molecule has 1 aliphatic rings. The molecule has 0 atom stereocenters. The Morgan fingerprint density at radius 3 is 2.80 bits per heavy atom. The van der Waals surface area contributed by atoms with Crippen LogP contribution >= 0.6 is 0 Å². The van der Waals surface area contributed by atoms with Crippen LogP contribution < -0.4 is 0 Å². The van der Waals surface area contributed by atoms with E-state index in [2.05, 4.69) is 37.9 Å². The van der Waals surface area contributed by atoms with Gasteiger partial charge in [-0.2, -0.15) is 0 Å². The summed E-state index contributed by atoms with van der Waals surface area (Å²) in [5.41, 5.74) is 2.79. The minimum Gasteiger partial charge on any atom is -0.378 e. The van der Waals surface area contributed by atoms with E-state index in [0.717, 1.165) is 6.54 Å². The molecule has 10 heavy (non-hydrogen) atoms. The zero-order valence-corrected chi connectivity index (χ0v) is 7.02. The maximum Gasteiger partial charge on any atom is 0.0206 e. The lowest BCUT2D eigenvalue weighted by molar-refractivity contribution is 0.426. The first-order valence-electron chi connectivity index (χ1n) is 3.77. The van der Waals surface area contributed by atoms with E-state index in [-0.39, 0.29) is 0 Å². The minimum absolute atomic E-state index is 1.15. The lowest BCUT2D eigenvalue weighted by Crippen LogP contribution is -2.16. The van der Waals surface area contributed by atoms with Crippen molar-refractivity contribution in [1.82, 2.24) is 4.90 Å².